The van der Waals surface area contributed by atoms with Gasteiger partial charge >= 0.3 is 0 Å². The largest absolute Gasteiger partial charge is 0.328 e. The van der Waals surface area contributed by atoms with E-state index >= 15 is 0 Å². The van der Waals surface area contributed by atoms with Gasteiger partial charge in [-0.3, -0.25) is 19.9 Å². The van der Waals surface area contributed by atoms with Crippen LogP contribution in [0.5, 0.6) is 0 Å². The number of anilines is 2. The molecule has 2 aromatic heterocycles. The van der Waals surface area contributed by atoms with Gasteiger partial charge in [0.2, 0.25) is 5.95 Å². The number of nitro groups is 1. The Morgan fingerprint density at radius 1 is 1.17 bits per heavy atom. The molecule has 0 radical (unpaired) electrons. The summed E-state index contributed by atoms with van der Waals surface area (Å²) in [6.07, 6.45) is 3.20. The monoisotopic (exact) mass is 531 g/mol. The number of carbonyl (C=O) groups is 1. The lowest BCUT2D eigenvalue weighted by Crippen LogP contribution is -2.31. The molecule has 1 atom stereocenters. The molecular formula is C24H18BrN7O3. The average Bonchev–Trinajstić information content (AvgIpc) is 3.28. The second-order valence-corrected chi connectivity index (χ2v) is 8.74. The molecule has 3 heterocycles. The molecule has 2 aromatic carbocycles. The second-order valence-electron chi connectivity index (χ2n) is 7.82. The Morgan fingerprint density at radius 3 is 2.69 bits per heavy atom. The van der Waals surface area contributed by atoms with Crippen molar-refractivity contribution in [2.24, 2.45) is 0 Å². The van der Waals surface area contributed by atoms with Crippen molar-refractivity contribution in [3.63, 3.8) is 0 Å². The lowest BCUT2D eigenvalue weighted by Gasteiger charge is -2.28. The highest BCUT2D eigenvalue weighted by molar-refractivity contribution is 9.10. The Bertz CT molecular complexity index is 1470. The first-order valence-electron chi connectivity index (χ1n) is 10.6. The number of halogens is 1. The summed E-state index contributed by atoms with van der Waals surface area (Å²) in [4.78, 5) is 32.9. The minimum atomic E-state index is -0.587. The van der Waals surface area contributed by atoms with Gasteiger partial charge in [-0.2, -0.15) is 4.98 Å². The van der Waals surface area contributed by atoms with Gasteiger partial charge in [0.25, 0.3) is 11.6 Å². The van der Waals surface area contributed by atoms with Gasteiger partial charge < -0.3 is 10.6 Å². The molecule has 0 fully saturated rings. The molecule has 2 N–H and O–H groups in total. The van der Waals surface area contributed by atoms with Gasteiger partial charge in [0, 0.05) is 34.1 Å². The van der Waals surface area contributed by atoms with Gasteiger partial charge in [-0.05, 0) is 36.8 Å². The summed E-state index contributed by atoms with van der Waals surface area (Å²) in [5, 5.41) is 22.0. The fourth-order valence-corrected chi connectivity index (χ4v) is 4.18. The molecule has 1 unspecified atom stereocenters. The molecule has 0 saturated heterocycles. The number of fused-ring (bicyclic) bond motifs is 1. The van der Waals surface area contributed by atoms with Crippen molar-refractivity contribution in [3.05, 3.63) is 104 Å². The smallest absolute Gasteiger partial charge is 0.270 e. The zero-order valence-corrected chi connectivity index (χ0v) is 19.9. The molecule has 1 amide bonds. The molecular weight excluding hydrogens is 514 g/mol. The van der Waals surface area contributed by atoms with Gasteiger partial charge in [-0.25, -0.2) is 4.68 Å². The molecule has 0 spiro atoms. The van der Waals surface area contributed by atoms with Crippen LogP contribution in [0.3, 0.4) is 0 Å². The summed E-state index contributed by atoms with van der Waals surface area (Å²) < 4.78 is 2.52. The first-order valence-corrected chi connectivity index (χ1v) is 11.4. The highest BCUT2D eigenvalue weighted by Gasteiger charge is 2.34. The number of allylic oxidation sites excluding steroid dienone is 1. The molecule has 1 aliphatic rings. The number of amides is 1. The highest BCUT2D eigenvalue weighted by atomic mass is 79.9. The number of pyridine rings is 1. The SMILES string of the molecule is CC1=C(C(=O)Nc2cccnc2)C(c2ccc(Br)cc2)n2nc(-c3cccc([N+](=O)[O-])c3)nc2N1. The quantitative estimate of drug-likeness (QED) is 0.275. The van der Waals surface area contributed by atoms with E-state index in [0.717, 1.165) is 10.0 Å². The number of hydrogen-bond acceptors (Lipinski definition) is 7. The highest BCUT2D eigenvalue weighted by Crippen LogP contribution is 2.37. The Morgan fingerprint density at radius 2 is 1.97 bits per heavy atom. The van der Waals surface area contributed by atoms with E-state index in [9.17, 15) is 14.9 Å². The summed E-state index contributed by atoms with van der Waals surface area (Å²) in [5.41, 5.74) is 2.90. The van der Waals surface area contributed by atoms with Crippen LogP contribution in [0.15, 0.2) is 88.8 Å². The van der Waals surface area contributed by atoms with Crippen molar-refractivity contribution >= 4 is 39.2 Å². The summed E-state index contributed by atoms with van der Waals surface area (Å²) in [6, 6.07) is 16.6. The van der Waals surface area contributed by atoms with Crippen molar-refractivity contribution in [1.82, 2.24) is 19.7 Å². The predicted octanol–water partition coefficient (Wildman–Crippen LogP) is 4.94. The molecule has 11 heteroatoms. The zero-order chi connectivity index (χ0) is 24.5. The number of rotatable bonds is 5. The van der Waals surface area contributed by atoms with Crippen molar-refractivity contribution in [1.29, 1.82) is 0 Å². The number of aromatic nitrogens is 4. The van der Waals surface area contributed by atoms with Crippen molar-refractivity contribution < 1.29 is 9.72 Å². The Balaban J connectivity index is 1.60. The van der Waals surface area contributed by atoms with E-state index in [1.165, 1.54) is 12.1 Å². The fourth-order valence-electron chi connectivity index (χ4n) is 3.91. The number of non-ortho nitro benzene ring substituents is 1. The first kappa shape index (κ1) is 22.4. The van der Waals surface area contributed by atoms with E-state index in [4.69, 9.17) is 0 Å². The van der Waals surface area contributed by atoms with Crippen LogP contribution >= 0.6 is 15.9 Å². The third kappa shape index (κ3) is 4.41. The summed E-state index contributed by atoms with van der Waals surface area (Å²) in [7, 11) is 0. The van der Waals surface area contributed by atoms with Gasteiger partial charge in [0.1, 0.15) is 6.04 Å². The van der Waals surface area contributed by atoms with Crippen LogP contribution in [0, 0.1) is 10.1 Å². The maximum atomic E-state index is 13.5. The number of benzene rings is 2. The normalized spacial score (nSPS) is 14.7. The fraction of sp³-hybridized carbons (Fsp3) is 0.0833. The summed E-state index contributed by atoms with van der Waals surface area (Å²) >= 11 is 3.45. The molecule has 0 bridgehead atoms. The van der Waals surface area contributed by atoms with E-state index in [1.54, 1.807) is 48.3 Å². The summed E-state index contributed by atoms with van der Waals surface area (Å²) in [5.74, 6) is 0.420. The molecule has 10 nitrogen and oxygen atoms in total. The van der Waals surface area contributed by atoms with Gasteiger partial charge in [-0.1, -0.05) is 40.2 Å². The van der Waals surface area contributed by atoms with Crippen LogP contribution in [-0.2, 0) is 4.79 Å². The Labute approximate surface area is 208 Å². The molecule has 1 aliphatic heterocycles. The minimum Gasteiger partial charge on any atom is -0.328 e. The predicted molar refractivity (Wildman–Crippen MR) is 134 cm³/mol. The van der Waals surface area contributed by atoms with E-state index in [0.29, 0.717) is 34.3 Å². The first-order chi connectivity index (χ1) is 16.9. The molecule has 0 saturated carbocycles. The lowest BCUT2D eigenvalue weighted by molar-refractivity contribution is -0.384. The maximum Gasteiger partial charge on any atom is 0.270 e. The molecule has 0 aliphatic carbocycles. The number of nitrogens with zero attached hydrogens (tertiary/aromatic N) is 5. The van der Waals surface area contributed by atoms with Crippen LogP contribution in [0.2, 0.25) is 0 Å². The van der Waals surface area contributed by atoms with Crippen molar-refractivity contribution in [3.8, 4) is 11.4 Å². The number of nitro benzene ring substituents is 1. The Kier molecular flexibility index (Phi) is 5.83. The number of hydrogen-bond donors (Lipinski definition) is 2. The van der Waals surface area contributed by atoms with E-state index in [2.05, 4.69) is 41.6 Å². The minimum absolute atomic E-state index is 0.0569. The third-order valence-corrected chi connectivity index (χ3v) is 6.05. The third-order valence-electron chi connectivity index (χ3n) is 5.52. The number of carbonyl (C=O) groups excluding carboxylic acids is 1. The standard InChI is InChI=1S/C24H18BrN7O3/c1-14-20(23(33)28-18-5-3-11-26-13-18)21(15-7-9-17(25)10-8-15)31-24(27-14)29-22(30-31)16-4-2-6-19(12-16)32(34)35/h2-13,21H,1H3,(H,28,33)(H,27,29,30). The summed E-state index contributed by atoms with van der Waals surface area (Å²) in [6.45, 7) is 1.80. The maximum absolute atomic E-state index is 13.5. The molecule has 174 valence electrons. The van der Waals surface area contributed by atoms with Crippen molar-refractivity contribution in [2.45, 2.75) is 13.0 Å². The zero-order valence-electron chi connectivity index (χ0n) is 18.3. The van der Waals surface area contributed by atoms with Crippen LogP contribution < -0.4 is 10.6 Å². The van der Waals surface area contributed by atoms with E-state index in [1.807, 2.05) is 24.3 Å². The molecule has 5 rings (SSSR count). The van der Waals surface area contributed by atoms with Gasteiger partial charge in [0.15, 0.2) is 5.82 Å². The van der Waals surface area contributed by atoms with Crippen LogP contribution in [0.4, 0.5) is 17.3 Å². The van der Waals surface area contributed by atoms with Crippen LogP contribution in [0.25, 0.3) is 11.4 Å². The Hall–Kier alpha value is -4.38. The molecule has 35 heavy (non-hydrogen) atoms. The van der Waals surface area contributed by atoms with Gasteiger partial charge in [-0.15, -0.1) is 5.10 Å². The average molecular weight is 532 g/mol. The molecule has 4 aromatic rings. The van der Waals surface area contributed by atoms with E-state index < -0.39 is 11.0 Å². The topological polar surface area (TPSA) is 128 Å². The number of nitrogens with one attached hydrogen (secondary N) is 2. The van der Waals surface area contributed by atoms with Crippen LogP contribution in [0.1, 0.15) is 18.5 Å². The van der Waals surface area contributed by atoms with E-state index in [-0.39, 0.29) is 11.6 Å². The lowest BCUT2D eigenvalue weighted by atomic mass is 9.95. The van der Waals surface area contributed by atoms with Crippen LogP contribution in [-0.4, -0.2) is 30.6 Å². The van der Waals surface area contributed by atoms with Crippen molar-refractivity contribution in [2.75, 3.05) is 10.6 Å². The van der Waals surface area contributed by atoms with Gasteiger partial charge in [0.05, 0.1) is 22.4 Å². The second kappa shape index (κ2) is 9.11.